The summed E-state index contributed by atoms with van der Waals surface area (Å²) in [5, 5.41) is 32.9. The standard InChI is InChI=1S/C12H20N4O8/c1-5(17)10(16-7(18)3-13)12(24)15-6(2-8(19)20)11(23)14-4-9(21)22/h5-6,10,17H,2-4,13H2,1H3,(H,14,23)(H,15,24)(H,16,18)(H,19,20)(H,21,22). The van der Waals surface area contributed by atoms with Gasteiger partial charge in [-0.15, -0.1) is 0 Å². The zero-order chi connectivity index (χ0) is 18.9. The third-order valence-corrected chi connectivity index (χ3v) is 2.69. The zero-order valence-electron chi connectivity index (χ0n) is 12.8. The van der Waals surface area contributed by atoms with E-state index in [0.717, 1.165) is 0 Å². The molecular weight excluding hydrogens is 328 g/mol. The minimum Gasteiger partial charge on any atom is -0.481 e. The van der Waals surface area contributed by atoms with E-state index < -0.39 is 67.4 Å². The first-order chi connectivity index (χ1) is 11.1. The van der Waals surface area contributed by atoms with Gasteiger partial charge in [0, 0.05) is 0 Å². The highest BCUT2D eigenvalue weighted by Gasteiger charge is 2.30. The van der Waals surface area contributed by atoms with Crippen LogP contribution >= 0.6 is 0 Å². The Morgan fingerprint density at radius 2 is 1.58 bits per heavy atom. The highest BCUT2D eigenvalue weighted by molar-refractivity contribution is 5.95. The molecule has 12 heteroatoms. The number of rotatable bonds is 10. The van der Waals surface area contributed by atoms with Crippen molar-refractivity contribution in [1.82, 2.24) is 16.0 Å². The molecule has 3 amide bonds. The summed E-state index contributed by atoms with van der Waals surface area (Å²) in [4.78, 5) is 56.3. The van der Waals surface area contributed by atoms with Gasteiger partial charge in [-0.2, -0.15) is 0 Å². The molecule has 0 fully saturated rings. The monoisotopic (exact) mass is 348 g/mol. The van der Waals surface area contributed by atoms with Crippen LogP contribution in [0.2, 0.25) is 0 Å². The lowest BCUT2D eigenvalue weighted by molar-refractivity contribution is -0.142. The van der Waals surface area contributed by atoms with Crippen molar-refractivity contribution in [2.24, 2.45) is 5.73 Å². The van der Waals surface area contributed by atoms with Gasteiger partial charge in [-0.1, -0.05) is 0 Å². The van der Waals surface area contributed by atoms with Gasteiger partial charge >= 0.3 is 11.9 Å². The number of carbonyl (C=O) groups excluding carboxylic acids is 3. The molecule has 0 aromatic carbocycles. The van der Waals surface area contributed by atoms with Gasteiger partial charge in [-0.25, -0.2) is 0 Å². The van der Waals surface area contributed by atoms with E-state index in [4.69, 9.17) is 15.9 Å². The second kappa shape index (κ2) is 10.1. The number of hydrogen-bond donors (Lipinski definition) is 7. The van der Waals surface area contributed by atoms with Crippen LogP contribution in [0.1, 0.15) is 13.3 Å². The van der Waals surface area contributed by atoms with Crippen LogP contribution in [0.5, 0.6) is 0 Å². The fourth-order valence-electron chi connectivity index (χ4n) is 1.57. The van der Waals surface area contributed by atoms with Gasteiger partial charge in [0.25, 0.3) is 0 Å². The summed E-state index contributed by atoms with van der Waals surface area (Å²) in [5.41, 5.74) is 5.08. The van der Waals surface area contributed by atoms with Crippen molar-refractivity contribution in [2.75, 3.05) is 13.1 Å². The van der Waals surface area contributed by atoms with Crippen LogP contribution < -0.4 is 21.7 Å². The minimum absolute atomic E-state index is 0.450. The Bertz CT molecular complexity index is 507. The number of carbonyl (C=O) groups is 5. The summed E-state index contributed by atoms with van der Waals surface area (Å²) in [6, 6.07) is -3.06. The van der Waals surface area contributed by atoms with Crippen LogP contribution in [0.3, 0.4) is 0 Å². The molecule has 0 aliphatic rings. The molecule has 0 aromatic rings. The van der Waals surface area contributed by atoms with Crippen LogP contribution in [-0.4, -0.2) is 76.3 Å². The number of nitrogens with two attached hydrogens (primary N) is 1. The molecule has 24 heavy (non-hydrogen) atoms. The summed E-state index contributed by atoms with van der Waals surface area (Å²) in [6.07, 6.45) is -2.18. The summed E-state index contributed by atoms with van der Waals surface area (Å²) in [6.45, 7) is -0.0273. The van der Waals surface area contributed by atoms with Crippen LogP contribution in [0, 0.1) is 0 Å². The van der Waals surface area contributed by atoms with E-state index in [9.17, 15) is 29.1 Å². The van der Waals surface area contributed by atoms with E-state index in [1.165, 1.54) is 6.92 Å². The summed E-state index contributed by atoms with van der Waals surface area (Å²) in [7, 11) is 0. The Balaban J connectivity index is 5.05. The molecule has 0 aromatic heterocycles. The molecule has 0 saturated heterocycles. The molecule has 0 saturated carbocycles. The highest BCUT2D eigenvalue weighted by atomic mass is 16.4. The maximum Gasteiger partial charge on any atom is 0.322 e. The molecular formula is C12H20N4O8. The molecule has 0 aliphatic carbocycles. The molecule has 0 radical (unpaired) electrons. The second-order valence-corrected chi connectivity index (χ2v) is 4.76. The van der Waals surface area contributed by atoms with Crippen molar-refractivity contribution < 1.29 is 39.3 Å². The molecule has 136 valence electrons. The molecule has 0 aliphatic heterocycles. The Morgan fingerprint density at radius 3 is 2.00 bits per heavy atom. The average Bonchev–Trinajstić information content (AvgIpc) is 2.48. The topological polar surface area (TPSA) is 208 Å². The van der Waals surface area contributed by atoms with Crippen LogP contribution in [0.4, 0.5) is 0 Å². The van der Waals surface area contributed by atoms with E-state index in [1.54, 1.807) is 0 Å². The van der Waals surface area contributed by atoms with E-state index in [1.807, 2.05) is 10.6 Å². The van der Waals surface area contributed by atoms with Crippen molar-refractivity contribution in [2.45, 2.75) is 31.5 Å². The number of aliphatic hydroxyl groups excluding tert-OH is 1. The van der Waals surface area contributed by atoms with Gasteiger partial charge in [0.05, 0.1) is 19.1 Å². The Labute approximate surface area is 136 Å². The summed E-state index contributed by atoms with van der Waals surface area (Å²) in [5.74, 6) is -5.60. The quantitative estimate of drug-likeness (QED) is 0.205. The van der Waals surface area contributed by atoms with E-state index >= 15 is 0 Å². The molecule has 3 unspecified atom stereocenters. The molecule has 0 rings (SSSR count). The first-order valence-electron chi connectivity index (χ1n) is 6.77. The number of aliphatic hydroxyl groups is 1. The van der Waals surface area contributed by atoms with Gasteiger partial charge in [-0.05, 0) is 6.92 Å². The molecule has 8 N–H and O–H groups in total. The van der Waals surface area contributed by atoms with Crippen molar-refractivity contribution in [3.63, 3.8) is 0 Å². The number of amides is 3. The van der Waals surface area contributed by atoms with Crippen LogP contribution in [-0.2, 0) is 24.0 Å². The molecule has 3 atom stereocenters. The Morgan fingerprint density at radius 1 is 1.00 bits per heavy atom. The minimum atomic E-state index is -1.59. The fraction of sp³-hybridized carbons (Fsp3) is 0.583. The van der Waals surface area contributed by atoms with Gasteiger partial charge in [0.15, 0.2) is 0 Å². The molecule has 0 heterocycles. The van der Waals surface area contributed by atoms with E-state index in [0.29, 0.717) is 0 Å². The van der Waals surface area contributed by atoms with Crippen molar-refractivity contribution in [3.05, 3.63) is 0 Å². The Hall–Kier alpha value is -2.73. The number of aliphatic carboxylic acids is 2. The maximum atomic E-state index is 12.1. The maximum absolute atomic E-state index is 12.1. The normalized spacial score (nSPS) is 14.0. The number of hydrogen-bond acceptors (Lipinski definition) is 7. The first-order valence-corrected chi connectivity index (χ1v) is 6.77. The van der Waals surface area contributed by atoms with Gasteiger partial charge in [-0.3, -0.25) is 24.0 Å². The predicted octanol–water partition coefficient (Wildman–Crippen LogP) is -4.03. The molecule has 0 spiro atoms. The highest BCUT2D eigenvalue weighted by Crippen LogP contribution is 1.99. The predicted molar refractivity (Wildman–Crippen MR) is 77.5 cm³/mol. The zero-order valence-corrected chi connectivity index (χ0v) is 12.8. The van der Waals surface area contributed by atoms with Crippen molar-refractivity contribution in [3.8, 4) is 0 Å². The third-order valence-electron chi connectivity index (χ3n) is 2.69. The SMILES string of the molecule is CC(O)C(NC(=O)CN)C(=O)NC(CC(=O)O)C(=O)NCC(=O)O. The van der Waals surface area contributed by atoms with Crippen LogP contribution in [0.15, 0.2) is 0 Å². The lowest BCUT2D eigenvalue weighted by atomic mass is 10.1. The lowest BCUT2D eigenvalue weighted by Crippen LogP contribution is -2.58. The van der Waals surface area contributed by atoms with Crippen molar-refractivity contribution in [1.29, 1.82) is 0 Å². The van der Waals surface area contributed by atoms with Gasteiger partial charge < -0.3 is 37.0 Å². The summed E-state index contributed by atoms with van der Waals surface area (Å²) >= 11 is 0. The average molecular weight is 348 g/mol. The number of carboxylic acid groups (broad SMARTS) is 2. The summed E-state index contributed by atoms with van der Waals surface area (Å²) < 4.78 is 0. The van der Waals surface area contributed by atoms with Gasteiger partial charge in [0.1, 0.15) is 18.6 Å². The van der Waals surface area contributed by atoms with E-state index in [-0.39, 0.29) is 0 Å². The van der Waals surface area contributed by atoms with E-state index in [2.05, 4.69) is 5.32 Å². The number of nitrogens with one attached hydrogen (secondary N) is 3. The van der Waals surface area contributed by atoms with Crippen LogP contribution in [0.25, 0.3) is 0 Å². The number of carboxylic acids is 2. The third kappa shape index (κ3) is 8.05. The molecule has 0 bridgehead atoms. The van der Waals surface area contributed by atoms with Crippen molar-refractivity contribution >= 4 is 29.7 Å². The Kier molecular flexibility index (Phi) is 8.97. The lowest BCUT2D eigenvalue weighted by Gasteiger charge is -2.23. The molecule has 12 nitrogen and oxygen atoms in total. The smallest absolute Gasteiger partial charge is 0.322 e. The first kappa shape index (κ1) is 21.3. The second-order valence-electron chi connectivity index (χ2n) is 4.76. The fourth-order valence-corrected chi connectivity index (χ4v) is 1.57. The van der Waals surface area contributed by atoms with Gasteiger partial charge in [0.2, 0.25) is 17.7 Å². The largest absolute Gasteiger partial charge is 0.481 e.